The minimum absolute atomic E-state index is 0.132. The van der Waals surface area contributed by atoms with Gasteiger partial charge in [0.25, 0.3) is 0 Å². The molecule has 0 aliphatic heterocycles. The van der Waals surface area contributed by atoms with Crippen molar-refractivity contribution >= 4 is 23.4 Å². The Morgan fingerprint density at radius 2 is 1.57 bits per heavy atom. The Kier molecular flexibility index (Phi) is 3.87. The number of nitro groups is 2. The van der Waals surface area contributed by atoms with Crippen molar-refractivity contribution in [1.29, 1.82) is 0 Å². The number of likely N-dealkylation sites (N-methyl/N-ethyl adjacent to an activating group) is 1. The van der Waals surface area contributed by atoms with Crippen LogP contribution >= 0.6 is 0 Å². The molecule has 11 heteroatoms. The average molecular weight is 324 g/mol. The molecule has 2 amide bonds. The van der Waals surface area contributed by atoms with Gasteiger partial charge in [0.05, 0.1) is 9.85 Å². The molecule has 0 bridgehead atoms. The van der Waals surface area contributed by atoms with E-state index in [1.165, 1.54) is 7.05 Å². The fourth-order valence-electron chi connectivity index (χ4n) is 2.75. The van der Waals surface area contributed by atoms with Crippen LogP contribution in [0.3, 0.4) is 0 Å². The number of nitrogens with zero attached hydrogens (tertiary/aromatic N) is 2. The molecule has 0 fully saturated rings. The highest BCUT2D eigenvalue weighted by molar-refractivity contribution is 5.91. The smallest absolute Gasteiger partial charge is 0.405 e. The zero-order valence-corrected chi connectivity index (χ0v) is 11.9. The minimum atomic E-state index is -1.55. The van der Waals surface area contributed by atoms with E-state index in [1.807, 2.05) is 0 Å². The summed E-state index contributed by atoms with van der Waals surface area (Å²) < 4.78 is 0. The summed E-state index contributed by atoms with van der Waals surface area (Å²) in [5, 5.41) is 35.3. The summed E-state index contributed by atoms with van der Waals surface area (Å²) in [6.45, 7) is 0. The second-order valence-corrected chi connectivity index (χ2v) is 5.07. The zero-order valence-electron chi connectivity index (χ0n) is 11.9. The van der Waals surface area contributed by atoms with Crippen LogP contribution in [0.4, 0.5) is 16.2 Å². The van der Waals surface area contributed by atoms with Crippen LogP contribution < -0.4 is 10.6 Å². The monoisotopic (exact) mass is 324 g/mol. The Labute approximate surface area is 128 Å². The predicted molar refractivity (Wildman–Crippen MR) is 75.1 cm³/mol. The lowest BCUT2D eigenvalue weighted by molar-refractivity contribution is -0.422. The molecule has 23 heavy (non-hydrogen) atoms. The average Bonchev–Trinajstić information content (AvgIpc) is 2.81. The Balaban J connectivity index is 2.54. The van der Waals surface area contributed by atoms with Gasteiger partial charge in [0.2, 0.25) is 5.91 Å². The summed E-state index contributed by atoms with van der Waals surface area (Å²) in [5.41, 5.74) is -2.31. The number of fused-ring (bicyclic) bond motifs is 1. The molecular formula is C12H12N4O7. The van der Waals surface area contributed by atoms with Crippen molar-refractivity contribution in [3.63, 3.8) is 0 Å². The van der Waals surface area contributed by atoms with Crippen molar-refractivity contribution in [2.24, 2.45) is 0 Å². The predicted octanol–water partition coefficient (Wildman–Crippen LogP) is 0.354. The normalized spacial score (nSPS) is 14.7. The number of carbonyl (C=O) groups excluding carboxylic acids is 1. The number of carboxylic acid groups (broad SMARTS) is 1. The van der Waals surface area contributed by atoms with Crippen LogP contribution in [-0.2, 0) is 17.6 Å². The van der Waals surface area contributed by atoms with E-state index in [9.17, 15) is 29.8 Å². The van der Waals surface area contributed by atoms with E-state index in [0.29, 0.717) is 11.1 Å². The number of hydrogen-bond donors (Lipinski definition) is 3. The molecule has 0 heterocycles. The van der Waals surface area contributed by atoms with Gasteiger partial charge in [-0.25, -0.2) is 4.79 Å². The first-order chi connectivity index (χ1) is 10.7. The van der Waals surface area contributed by atoms with Crippen molar-refractivity contribution in [3.05, 3.63) is 43.5 Å². The first kappa shape index (κ1) is 16.1. The maximum absolute atomic E-state index is 12.1. The van der Waals surface area contributed by atoms with Crippen molar-refractivity contribution in [1.82, 2.24) is 10.6 Å². The van der Waals surface area contributed by atoms with Gasteiger partial charge >= 0.3 is 17.5 Å². The molecule has 3 N–H and O–H groups in total. The highest BCUT2D eigenvalue weighted by atomic mass is 16.6. The lowest BCUT2D eigenvalue weighted by atomic mass is 9.94. The minimum Gasteiger partial charge on any atom is -0.465 e. The van der Waals surface area contributed by atoms with E-state index in [1.54, 1.807) is 0 Å². The molecule has 1 aromatic carbocycles. The SMILES string of the molecule is CNC(=O)C1(NC(=O)O)Cc2cc([N+](=O)[O-])c([N+](=O)[O-])cc2C1. The van der Waals surface area contributed by atoms with E-state index in [0.717, 1.165) is 12.1 Å². The molecule has 2 rings (SSSR count). The molecule has 1 aromatic rings. The van der Waals surface area contributed by atoms with Crippen LogP contribution in [-0.4, -0.2) is 39.5 Å². The first-order valence-electron chi connectivity index (χ1n) is 6.38. The number of benzene rings is 1. The number of hydrogen-bond acceptors (Lipinski definition) is 6. The van der Waals surface area contributed by atoms with Crippen LogP contribution in [0.25, 0.3) is 0 Å². The van der Waals surface area contributed by atoms with Crippen LogP contribution in [0.15, 0.2) is 12.1 Å². The molecule has 1 aliphatic carbocycles. The van der Waals surface area contributed by atoms with Crippen LogP contribution in [0.2, 0.25) is 0 Å². The standard InChI is InChI=1S/C12H12N4O7/c1-13-10(17)12(14-11(18)19)4-6-2-8(15(20)21)9(16(22)23)3-7(6)5-12/h2-3,14H,4-5H2,1H3,(H,13,17)(H,18,19). The van der Waals surface area contributed by atoms with Gasteiger partial charge in [0, 0.05) is 32.0 Å². The number of nitrogens with one attached hydrogen (secondary N) is 2. The largest absolute Gasteiger partial charge is 0.465 e. The van der Waals surface area contributed by atoms with Gasteiger partial charge in [-0.3, -0.25) is 25.0 Å². The molecule has 0 atom stereocenters. The summed E-state index contributed by atoms with van der Waals surface area (Å²) in [4.78, 5) is 43.2. The molecule has 0 unspecified atom stereocenters. The second kappa shape index (κ2) is 5.51. The summed E-state index contributed by atoms with van der Waals surface area (Å²) in [6.07, 6.45) is -1.70. The van der Waals surface area contributed by atoms with E-state index in [4.69, 9.17) is 5.11 Å². The fourth-order valence-corrected chi connectivity index (χ4v) is 2.75. The van der Waals surface area contributed by atoms with Gasteiger partial charge in [-0.2, -0.15) is 0 Å². The van der Waals surface area contributed by atoms with Gasteiger partial charge in [0.1, 0.15) is 5.54 Å². The van der Waals surface area contributed by atoms with Crippen molar-refractivity contribution in [3.8, 4) is 0 Å². The van der Waals surface area contributed by atoms with Gasteiger partial charge in [0.15, 0.2) is 0 Å². The van der Waals surface area contributed by atoms with Crippen molar-refractivity contribution in [2.75, 3.05) is 7.05 Å². The van der Waals surface area contributed by atoms with Gasteiger partial charge < -0.3 is 15.7 Å². The van der Waals surface area contributed by atoms with Gasteiger partial charge in [-0.15, -0.1) is 0 Å². The summed E-state index contributed by atoms with van der Waals surface area (Å²) >= 11 is 0. The lowest BCUT2D eigenvalue weighted by Crippen LogP contribution is -2.58. The third-order valence-electron chi connectivity index (χ3n) is 3.68. The number of rotatable bonds is 4. The molecule has 1 aliphatic rings. The Morgan fingerprint density at radius 1 is 1.13 bits per heavy atom. The van der Waals surface area contributed by atoms with Crippen LogP contribution in [0.5, 0.6) is 0 Å². The molecule has 122 valence electrons. The molecule has 11 nitrogen and oxygen atoms in total. The molecule has 0 saturated carbocycles. The van der Waals surface area contributed by atoms with Gasteiger partial charge in [-0.1, -0.05) is 0 Å². The number of amides is 2. The molecule has 0 spiro atoms. The molecular weight excluding hydrogens is 312 g/mol. The number of nitro benzene ring substituents is 2. The van der Waals surface area contributed by atoms with Gasteiger partial charge in [-0.05, 0) is 11.1 Å². The highest BCUT2D eigenvalue weighted by Gasteiger charge is 2.46. The summed E-state index contributed by atoms with van der Waals surface area (Å²) in [7, 11) is 1.32. The quantitative estimate of drug-likeness (QED) is 0.531. The van der Waals surface area contributed by atoms with Crippen molar-refractivity contribution in [2.45, 2.75) is 18.4 Å². The molecule has 0 aromatic heterocycles. The molecule has 0 radical (unpaired) electrons. The highest BCUT2D eigenvalue weighted by Crippen LogP contribution is 2.38. The van der Waals surface area contributed by atoms with Crippen LogP contribution in [0.1, 0.15) is 11.1 Å². The first-order valence-corrected chi connectivity index (χ1v) is 6.38. The topological polar surface area (TPSA) is 165 Å². The summed E-state index contributed by atoms with van der Waals surface area (Å²) in [6, 6.07) is 2.03. The van der Waals surface area contributed by atoms with E-state index >= 15 is 0 Å². The Morgan fingerprint density at radius 3 is 1.87 bits per heavy atom. The van der Waals surface area contributed by atoms with E-state index in [-0.39, 0.29) is 12.8 Å². The lowest BCUT2D eigenvalue weighted by Gasteiger charge is -2.26. The van der Waals surface area contributed by atoms with Crippen molar-refractivity contribution < 1.29 is 24.5 Å². The Bertz CT molecular complexity index is 687. The summed E-state index contributed by atoms with van der Waals surface area (Å²) in [5.74, 6) is -0.624. The molecule has 0 saturated heterocycles. The third kappa shape index (κ3) is 2.75. The second-order valence-electron chi connectivity index (χ2n) is 5.07. The zero-order chi connectivity index (χ0) is 17.4. The number of carbonyl (C=O) groups is 2. The fraction of sp³-hybridized carbons (Fsp3) is 0.333. The Hall–Kier alpha value is -3.24. The van der Waals surface area contributed by atoms with E-state index < -0.39 is 38.8 Å². The van der Waals surface area contributed by atoms with E-state index in [2.05, 4.69) is 10.6 Å². The third-order valence-corrected chi connectivity index (χ3v) is 3.68. The maximum Gasteiger partial charge on any atom is 0.405 e. The maximum atomic E-state index is 12.1. The van der Waals surface area contributed by atoms with Crippen LogP contribution in [0, 0.1) is 20.2 Å².